The smallest absolute Gasteiger partial charge is 0.339 e. The zero-order valence-corrected chi connectivity index (χ0v) is 22.9. The summed E-state index contributed by atoms with van der Waals surface area (Å²) < 4.78 is 18.2. The molecular weight excluding hydrogens is 500 g/mol. The van der Waals surface area contributed by atoms with Crippen LogP contribution in [0.1, 0.15) is 62.4 Å². The second-order valence-electron chi connectivity index (χ2n) is 13.6. The number of benzene rings is 1. The fourth-order valence-electron chi connectivity index (χ4n) is 10.4. The van der Waals surface area contributed by atoms with E-state index in [1.807, 2.05) is 6.92 Å². The predicted octanol–water partition coefficient (Wildman–Crippen LogP) is 3.12. The second kappa shape index (κ2) is 7.39. The van der Waals surface area contributed by atoms with Gasteiger partial charge in [-0.05, 0) is 67.6 Å². The Labute approximate surface area is 227 Å². The average molecular weight is 537 g/mol. The van der Waals surface area contributed by atoms with E-state index in [1.54, 1.807) is 24.3 Å². The molecule has 2 saturated heterocycles. The van der Waals surface area contributed by atoms with Crippen molar-refractivity contribution in [1.82, 2.24) is 0 Å². The van der Waals surface area contributed by atoms with Crippen LogP contribution >= 0.6 is 0 Å². The highest BCUT2D eigenvalue weighted by atomic mass is 16.6. The van der Waals surface area contributed by atoms with E-state index < -0.39 is 75.3 Å². The van der Waals surface area contributed by atoms with Crippen LogP contribution in [0.15, 0.2) is 36.4 Å². The first-order chi connectivity index (χ1) is 18.3. The van der Waals surface area contributed by atoms with Gasteiger partial charge < -0.3 is 24.4 Å². The summed E-state index contributed by atoms with van der Waals surface area (Å²) >= 11 is 0. The lowest BCUT2D eigenvalue weighted by Crippen LogP contribution is -2.97. The Morgan fingerprint density at radius 2 is 1.79 bits per heavy atom. The van der Waals surface area contributed by atoms with Crippen molar-refractivity contribution in [3.63, 3.8) is 0 Å². The van der Waals surface area contributed by atoms with E-state index in [0.29, 0.717) is 36.8 Å². The Morgan fingerprint density at radius 1 is 1.10 bits per heavy atom. The molecule has 2 bridgehead atoms. The van der Waals surface area contributed by atoms with Crippen molar-refractivity contribution in [2.45, 2.75) is 77.0 Å². The molecule has 2 N–H and O–H groups in total. The maximum Gasteiger partial charge on any atom is 0.339 e. The Morgan fingerprint density at radius 3 is 2.46 bits per heavy atom. The Hall–Kier alpha value is -2.55. The Balaban J connectivity index is 1.36. The van der Waals surface area contributed by atoms with E-state index in [1.165, 1.54) is 6.92 Å². The molecule has 8 rings (SSSR count). The number of hydrogen-bond donors (Lipinski definition) is 2. The van der Waals surface area contributed by atoms with E-state index in [2.05, 4.69) is 20.4 Å². The highest BCUT2D eigenvalue weighted by Crippen LogP contribution is 2.85. The van der Waals surface area contributed by atoms with Crippen LogP contribution in [0.4, 0.5) is 0 Å². The first-order valence-corrected chi connectivity index (χ1v) is 14.1. The number of hydrogen-bond acceptors (Lipinski definition) is 8. The van der Waals surface area contributed by atoms with Crippen molar-refractivity contribution in [2.75, 3.05) is 6.61 Å². The van der Waals surface area contributed by atoms with E-state index in [9.17, 15) is 24.6 Å². The molecule has 0 amide bonds. The van der Waals surface area contributed by atoms with Crippen molar-refractivity contribution in [1.29, 1.82) is 0 Å². The van der Waals surface area contributed by atoms with Crippen LogP contribution in [0, 0.1) is 46.8 Å². The SMILES string of the molecule is C=C1[C@@H]2CC[C@H]3[C@@]45COC(O)([C@@H](O)[C@@H]4C(C)(C)CCC5OC(C)=O)[C@]34C(=O)C1(OC(=O)c1ccc(C)cc1)[C@H]24. The minimum Gasteiger partial charge on any atom is -0.462 e. The number of fused-ring (bicyclic) bond motifs is 1. The number of aliphatic hydroxyl groups is 2. The molecule has 39 heavy (non-hydrogen) atoms. The highest BCUT2D eigenvalue weighted by Gasteiger charge is 2.97. The maximum atomic E-state index is 14.6. The van der Waals surface area contributed by atoms with Gasteiger partial charge in [-0.2, -0.15) is 0 Å². The molecule has 10 atom stereocenters. The van der Waals surface area contributed by atoms with E-state index in [0.717, 1.165) is 5.56 Å². The van der Waals surface area contributed by atoms with Crippen molar-refractivity contribution in [3.8, 4) is 0 Å². The van der Waals surface area contributed by atoms with Gasteiger partial charge in [0, 0.05) is 24.2 Å². The van der Waals surface area contributed by atoms with Gasteiger partial charge >= 0.3 is 11.9 Å². The third-order valence-corrected chi connectivity index (χ3v) is 11.7. The summed E-state index contributed by atoms with van der Waals surface area (Å²) in [7, 11) is 0. The van der Waals surface area contributed by atoms with Crippen LogP contribution in [0.2, 0.25) is 0 Å². The largest absolute Gasteiger partial charge is 0.462 e. The molecule has 8 heteroatoms. The third kappa shape index (κ3) is 2.52. The van der Waals surface area contributed by atoms with Gasteiger partial charge in [-0.3, -0.25) is 9.59 Å². The van der Waals surface area contributed by atoms with Crippen LogP contribution in [0.5, 0.6) is 0 Å². The Bertz CT molecular complexity index is 1330. The average Bonchev–Trinajstić information content (AvgIpc) is 2.88. The molecule has 208 valence electrons. The van der Waals surface area contributed by atoms with Gasteiger partial charge in [-0.25, -0.2) is 4.79 Å². The first kappa shape index (κ1) is 25.4. The van der Waals surface area contributed by atoms with Gasteiger partial charge in [0.1, 0.15) is 17.6 Å². The number of carbonyl (C=O) groups is 3. The van der Waals surface area contributed by atoms with Gasteiger partial charge in [0.05, 0.1) is 12.2 Å². The number of rotatable bonds is 3. The molecule has 8 nitrogen and oxygen atoms in total. The zero-order chi connectivity index (χ0) is 27.9. The molecule has 3 unspecified atom stereocenters. The summed E-state index contributed by atoms with van der Waals surface area (Å²) in [6, 6.07) is 6.94. The van der Waals surface area contributed by atoms with Crippen molar-refractivity contribution >= 4 is 17.7 Å². The molecule has 2 spiro atoms. The quantitative estimate of drug-likeness (QED) is 0.447. The molecular formula is C31H36O8. The van der Waals surface area contributed by atoms with Gasteiger partial charge in [0.2, 0.25) is 5.79 Å². The molecule has 0 aromatic heterocycles. The van der Waals surface area contributed by atoms with Gasteiger partial charge in [0.25, 0.3) is 0 Å². The summed E-state index contributed by atoms with van der Waals surface area (Å²) in [6.07, 6.45) is 0.633. The Kier molecular flexibility index (Phi) is 4.82. The fourth-order valence-corrected chi connectivity index (χ4v) is 10.4. The molecule has 0 radical (unpaired) electrons. The summed E-state index contributed by atoms with van der Waals surface area (Å²) in [6.45, 7) is 11.7. The van der Waals surface area contributed by atoms with Crippen molar-refractivity contribution < 1.29 is 38.8 Å². The minimum absolute atomic E-state index is 0.0841. The lowest BCUT2D eigenvalue weighted by molar-refractivity contribution is -0.483. The normalized spacial score (nSPS) is 48.1. The number of ether oxygens (including phenoxy) is 3. The highest BCUT2D eigenvalue weighted by molar-refractivity contribution is 6.10. The minimum atomic E-state index is -2.14. The molecule has 5 aliphatic carbocycles. The first-order valence-electron chi connectivity index (χ1n) is 14.1. The number of aliphatic hydroxyl groups excluding tert-OH is 1. The lowest BCUT2D eigenvalue weighted by atomic mass is 9.21. The molecule has 1 aromatic rings. The predicted molar refractivity (Wildman–Crippen MR) is 137 cm³/mol. The maximum absolute atomic E-state index is 14.6. The summed E-state index contributed by atoms with van der Waals surface area (Å²) in [4.78, 5) is 40.2. The topological polar surface area (TPSA) is 119 Å². The van der Waals surface area contributed by atoms with Gasteiger partial charge in [0.15, 0.2) is 11.4 Å². The summed E-state index contributed by atoms with van der Waals surface area (Å²) in [5.41, 5.74) is -2.42. The number of Topliss-reactive ketones (excluding diaryl/α,β-unsaturated/α-hetero) is 1. The number of ketones is 1. The number of carbonyl (C=O) groups excluding carboxylic acids is 3. The van der Waals surface area contributed by atoms with Crippen LogP contribution in [0.25, 0.3) is 0 Å². The van der Waals surface area contributed by atoms with Crippen LogP contribution in [0.3, 0.4) is 0 Å². The molecule has 2 heterocycles. The van der Waals surface area contributed by atoms with E-state index in [-0.39, 0.29) is 12.5 Å². The van der Waals surface area contributed by atoms with Crippen LogP contribution < -0.4 is 0 Å². The molecule has 7 aliphatic rings. The van der Waals surface area contributed by atoms with E-state index in [4.69, 9.17) is 14.2 Å². The molecule has 2 aliphatic heterocycles. The molecule has 5 saturated carbocycles. The molecule has 1 aromatic carbocycles. The summed E-state index contributed by atoms with van der Waals surface area (Å²) in [5.74, 6) is -5.21. The third-order valence-electron chi connectivity index (χ3n) is 11.7. The van der Waals surface area contributed by atoms with Gasteiger partial charge in [-0.15, -0.1) is 0 Å². The molecule has 7 fully saturated rings. The lowest BCUT2D eigenvalue weighted by Gasteiger charge is -2.84. The van der Waals surface area contributed by atoms with Crippen LogP contribution in [-0.2, 0) is 23.8 Å². The van der Waals surface area contributed by atoms with E-state index >= 15 is 0 Å². The standard InChI is InChI=1S/C31H36O8/c1-15-6-8-18(9-7-15)25(34)39-30-16(2)19-10-11-20-28-14-37-31(36,29(20,22(19)30)26(30)35)24(33)23(28)27(4,5)13-12-21(28)38-17(3)32/h6-9,19-24,33,36H,2,10-14H2,1,3-5H3/t19-,20-,21?,22+,23+,24-,28+,29+,30?,31?/m0/s1. The summed E-state index contributed by atoms with van der Waals surface area (Å²) in [5, 5.41) is 24.3. The van der Waals surface area contributed by atoms with Gasteiger partial charge in [-0.1, -0.05) is 38.1 Å². The zero-order valence-electron chi connectivity index (χ0n) is 22.9. The second-order valence-corrected chi connectivity index (χ2v) is 13.6. The monoisotopic (exact) mass is 536 g/mol. The fraction of sp³-hybridized carbons (Fsp3) is 0.645. The van der Waals surface area contributed by atoms with Crippen molar-refractivity contribution in [2.24, 2.45) is 39.9 Å². The van der Waals surface area contributed by atoms with Crippen LogP contribution in [-0.4, -0.2) is 58.1 Å². The number of aryl methyl sites for hydroxylation is 1. The van der Waals surface area contributed by atoms with Crippen molar-refractivity contribution in [3.05, 3.63) is 47.5 Å². The number of esters is 2.